The zero-order valence-electron chi connectivity index (χ0n) is 11.4. The minimum absolute atomic E-state index is 0.782. The first-order valence-corrected chi connectivity index (χ1v) is 6.98. The lowest BCUT2D eigenvalue weighted by Crippen LogP contribution is -2.09. The number of thiazole rings is 1. The van der Waals surface area contributed by atoms with E-state index < -0.39 is 0 Å². The molecular formula is C14H18N2O2S. The normalized spacial score (nSPS) is 10.5. The highest BCUT2D eigenvalue weighted by molar-refractivity contribution is 7.09. The topological polar surface area (TPSA) is 43.4 Å². The lowest BCUT2D eigenvalue weighted by atomic mass is 10.1. The zero-order valence-corrected chi connectivity index (χ0v) is 12.2. The van der Waals surface area contributed by atoms with Gasteiger partial charge in [-0.25, -0.2) is 4.98 Å². The zero-order chi connectivity index (χ0) is 13.7. The first-order valence-electron chi connectivity index (χ1n) is 6.10. The highest BCUT2D eigenvalue weighted by atomic mass is 32.1. The summed E-state index contributed by atoms with van der Waals surface area (Å²) in [4.78, 5) is 4.64. The van der Waals surface area contributed by atoms with Gasteiger partial charge in [0.2, 0.25) is 0 Å². The Kier molecular flexibility index (Phi) is 4.76. The molecular weight excluding hydrogens is 260 g/mol. The number of ether oxygens (including phenoxy) is 2. The van der Waals surface area contributed by atoms with E-state index in [1.165, 1.54) is 0 Å². The molecule has 0 bridgehead atoms. The Balaban J connectivity index is 2.27. The summed E-state index contributed by atoms with van der Waals surface area (Å²) in [6.07, 6.45) is 0.944. The largest absolute Gasteiger partial charge is 0.497 e. The number of nitrogens with zero attached hydrogens (tertiary/aromatic N) is 1. The second kappa shape index (κ2) is 6.54. The standard InChI is InChI=1S/C14H18N2O2S/c1-15-7-6-14-16-12(9-19-14)11-5-4-10(17-2)8-13(11)18-3/h4-5,8-9,15H,6-7H2,1-3H3. The Morgan fingerprint density at radius 1 is 1.26 bits per heavy atom. The lowest BCUT2D eigenvalue weighted by molar-refractivity contribution is 0.395. The van der Waals surface area contributed by atoms with E-state index in [0.29, 0.717) is 0 Å². The third-order valence-electron chi connectivity index (χ3n) is 2.83. The van der Waals surface area contributed by atoms with Crippen LogP contribution in [0.4, 0.5) is 0 Å². The van der Waals surface area contributed by atoms with Crippen LogP contribution in [0.25, 0.3) is 11.3 Å². The Hall–Kier alpha value is -1.59. The molecule has 0 unspecified atom stereocenters. The summed E-state index contributed by atoms with van der Waals surface area (Å²) in [6, 6.07) is 5.78. The van der Waals surface area contributed by atoms with Gasteiger partial charge in [-0.3, -0.25) is 0 Å². The Morgan fingerprint density at radius 2 is 2.11 bits per heavy atom. The van der Waals surface area contributed by atoms with Gasteiger partial charge >= 0.3 is 0 Å². The van der Waals surface area contributed by atoms with Crippen molar-refractivity contribution in [1.82, 2.24) is 10.3 Å². The summed E-state index contributed by atoms with van der Waals surface area (Å²) in [5, 5.41) is 6.32. The number of rotatable bonds is 6. The van der Waals surface area contributed by atoms with Crippen LogP contribution in [0.5, 0.6) is 11.5 Å². The third-order valence-corrected chi connectivity index (χ3v) is 3.73. The lowest BCUT2D eigenvalue weighted by Gasteiger charge is -2.08. The minimum Gasteiger partial charge on any atom is -0.497 e. The number of likely N-dealkylation sites (N-methyl/N-ethyl adjacent to an activating group) is 1. The molecule has 0 atom stereocenters. The summed E-state index contributed by atoms with van der Waals surface area (Å²) in [7, 11) is 5.25. The highest BCUT2D eigenvalue weighted by Crippen LogP contribution is 2.33. The molecule has 0 amide bonds. The van der Waals surface area contributed by atoms with E-state index in [9.17, 15) is 0 Å². The molecule has 1 heterocycles. The van der Waals surface area contributed by atoms with Gasteiger partial charge in [0, 0.05) is 30.0 Å². The van der Waals surface area contributed by atoms with Crippen LogP contribution in [0.3, 0.4) is 0 Å². The van der Waals surface area contributed by atoms with Crippen molar-refractivity contribution in [2.45, 2.75) is 6.42 Å². The van der Waals surface area contributed by atoms with E-state index in [-0.39, 0.29) is 0 Å². The van der Waals surface area contributed by atoms with E-state index in [1.807, 2.05) is 25.2 Å². The average Bonchev–Trinajstić information content (AvgIpc) is 2.92. The van der Waals surface area contributed by atoms with Gasteiger partial charge in [-0.2, -0.15) is 0 Å². The van der Waals surface area contributed by atoms with Crippen molar-refractivity contribution in [3.63, 3.8) is 0 Å². The Morgan fingerprint density at radius 3 is 2.79 bits per heavy atom. The predicted octanol–water partition coefficient (Wildman–Crippen LogP) is 2.59. The van der Waals surface area contributed by atoms with Crippen LogP contribution in [-0.4, -0.2) is 32.8 Å². The van der Waals surface area contributed by atoms with Gasteiger partial charge in [-0.1, -0.05) is 0 Å². The van der Waals surface area contributed by atoms with Gasteiger partial charge in [-0.05, 0) is 19.2 Å². The van der Waals surface area contributed by atoms with Crippen LogP contribution in [0.1, 0.15) is 5.01 Å². The van der Waals surface area contributed by atoms with Crippen molar-refractivity contribution in [3.05, 3.63) is 28.6 Å². The number of hydrogen-bond acceptors (Lipinski definition) is 5. The van der Waals surface area contributed by atoms with Crippen LogP contribution < -0.4 is 14.8 Å². The third kappa shape index (κ3) is 3.24. The van der Waals surface area contributed by atoms with E-state index in [0.717, 1.165) is 40.7 Å². The molecule has 2 aromatic rings. The van der Waals surface area contributed by atoms with Crippen molar-refractivity contribution in [2.75, 3.05) is 27.8 Å². The summed E-state index contributed by atoms with van der Waals surface area (Å²) in [5.74, 6) is 1.57. The van der Waals surface area contributed by atoms with Gasteiger partial charge in [0.05, 0.1) is 24.9 Å². The molecule has 2 rings (SSSR count). The fourth-order valence-electron chi connectivity index (χ4n) is 1.79. The molecule has 0 fully saturated rings. The van der Waals surface area contributed by atoms with E-state index in [4.69, 9.17) is 9.47 Å². The molecule has 0 radical (unpaired) electrons. The summed E-state index contributed by atoms with van der Waals surface area (Å²) in [6.45, 7) is 0.937. The van der Waals surface area contributed by atoms with Crippen molar-refractivity contribution < 1.29 is 9.47 Å². The molecule has 4 nitrogen and oxygen atoms in total. The molecule has 1 aromatic heterocycles. The molecule has 102 valence electrons. The van der Waals surface area contributed by atoms with Crippen LogP contribution in [0.15, 0.2) is 23.6 Å². The number of methoxy groups -OCH3 is 2. The predicted molar refractivity (Wildman–Crippen MR) is 78.3 cm³/mol. The highest BCUT2D eigenvalue weighted by Gasteiger charge is 2.11. The summed E-state index contributed by atoms with van der Waals surface area (Å²) >= 11 is 1.68. The van der Waals surface area contributed by atoms with Crippen molar-refractivity contribution >= 4 is 11.3 Å². The van der Waals surface area contributed by atoms with Crippen molar-refractivity contribution in [3.8, 4) is 22.8 Å². The first-order chi connectivity index (χ1) is 9.28. The van der Waals surface area contributed by atoms with Gasteiger partial charge in [-0.15, -0.1) is 11.3 Å². The van der Waals surface area contributed by atoms with Crippen LogP contribution in [0, 0.1) is 0 Å². The maximum absolute atomic E-state index is 5.40. The molecule has 0 aliphatic carbocycles. The molecule has 0 saturated heterocycles. The SMILES string of the molecule is CNCCc1nc(-c2ccc(OC)cc2OC)cs1. The number of benzene rings is 1. The molecule has 0 aliphatic rings. The Bertz CT molecular complexity index is 540. The van der Waals surface area contributed by atoms with Crippen molar-refractivity contribution in [1.29, 1.82) is 0 Å². The van der Waals surface area contributed by atoms with Gasteiger partial charge in [0.1, 0.15) is 11.5 Å². The van der Waals surface area contributed by atoms with E-state index in [2.05, 4.69) is 15.7 Å². The van der Waals surface area contributed by atoms with Gasteiger partial charge < -0.3 is 14.8 Å². The second-order valence-corrected chi connectivity index (χ2v) is 4.99. The Labute approximate surface area is 117 Å². The second-order valence-electron chi connectivity index (χ2n) is 4.05. The minimum atomic E-state index is 0.782. The smallest absolute Gasteiger partial charge is 0.131 e. The maximum Gasteiger partial charge on any atom is 0.131 e. The van der Waals surface area contributed by atoms with Crippen LogP contribution >= 0.6 is 11.3 Å². The van der Waals surface area contributed by atoms with E-state index >= 15 is 0 Å². The molecule has 1 N–H and O–H groups in total. The molecule has 5 heteroatoms. The molecule has 0 spiro atoms. The van der Waals surface area contributed by atoms with Crippen LogP contribution in [0.2, 0.25) is 0 Å². The fourth-order valence-corrected chi connectivity index (χ4v) is 2.59. The van der Waals surface area contributed by atoms with E-state index in [1.54, 1.807) is 25.6 Å². The van der Waals surface area contributed by atoms with Crippen LogP contribution in [-0.2, 0) is 6.42 Å². The monoisotopic (exact) mass is 278 g/mol. The number of hydrogen-bond donors (Lipinski definition) is 1. The maximum atomic E-state index is 5.40. The molecule has 19 heavy (non-hydrogen) atoms. The van der Waals surface area contributed by atoms with Crippen molar-refractivity contribution in [2.24, 2.45) is 0 Å². The summed E-state index contributed by atoms with van der Waals surface area (Å²) in [5.41, 5.74) is 1.95. The van der Waals surface area contributed by atoms with Gasteiger partial charge in [0.15, 0.2) is 0 Å². The first kappa shape index (κ1) is 13.8. The number of aromatic nitrogens is 1. The molecule has 0 aliphatic heterocycles. The summed E-state index contributed by atoms with van der Waals surface area (Å²) < 4.78 is 10.6. The average molecular weight is 278 g/mol. The number of nitrogens with one attached hydrogen (secondary N) is 1. The van der Waals surface area contributed by atoms with Gasteiger partial charge in [0.25, 0.3) is 0 Å². The molecule has 1 aromatic carbocycles. The fraction of sp³-hybridized carbons (Fsp3) is 0.357. The molecule has 0 saturated carbocycles. The quantitative estimate of drug-likeness (QED) is 0.882.